The lowest BCUT2D eigenvalue weighted by Gasteiger charge is -2.29. The minimum absolute atomic E-state index is 0.0372. The van der Waals surface area contributed by atoms with Crippen molar-refractivity contribution in [3.63, 3.8) is 0 Å². The molecule has 4 rings (SSSR count). The van der Waals surface area contributed by atoms with E-state index in [1.165, 1.54) is 37.4 Å². The van der Waals surface area contributed by atoms with Crippen LogP contribution in [0.2, 0.25) is 10.0 Å². The number of pyridine rings is 1. The quantitative estimate of drug-likeness (QED) is 0.736. The molecule has 2 fully saturated rings. The average Bonchev–Trinajstić information content (AvgIpc) is 3.30. The van der Waals surface area contributed by atoms with E-state index < -0.39 is 0 Å². The molecule has 1 amide bonds. The minimum Gasteiger partial charge on any atom is -0.352 e. The zero-order valence-electron chi connectivity index (χ0n) is 14.8. The van der Waals surface area contributed by atoms with Crippen molar-refractivity contribution in [2.45, 2.75) is 56.0 Å². The van der Waals surface area contributed by atoms with E-state index in [-0.39, 0.29) is 17.2 Å². The Morgan fingerprint density at radius 3 is 2.81 bits per heavy atom. The Hall–Kier alpha value is -0.980. The summed E-state index contributed by atoms with van der Waals surface area (Å²) in [6, 6.07) is 1.86. The number of hydrogen-bond donors (Lipinski definition) is 1. The lowest BCUT2D eigenvalue weighted by Crippen LogP contribution is -2.43. The minimum atomic E-state index is -0.277. The van der Waals surface area contributed by atoms with Gasteiger partial charge in [-0.1, -0.05) is 41.4 Å². The van der Waals surface area contributed by atoms with E-state index in [1.54, 1.807) is 16.7 Å². The molecule has 0 spiro atoms. The zero-order chi connectivity index (χ0) is 18.4. The van der Waals surface area contributed by atoms with Gasteiger partial charge in [-0.05, 0) is 56.9 Å². The first-order chi connectivity index (χ1) is 12.4. The topological polar surface area (TPSA) is 59.3 Å². The second-order valence-electron chi connectivity index (χ2n) is 7.58. The van der Waals surface area contributed by atoms with Gasteiger partial charge in [0.15, 0.2) is 10.8 Å². The van der Waals surface area contributed by atoms with Crippen molar-refractivity contribution in [1.82, 2.24) is 19.9 Å². The molecular formula is C18H22Cl2N4OS. The molecule has 1 N–H and O–H groups in total. The fourth-order valence-corrected chi connectivity index (χ4v) is 5.89. The summed E-state index contributed by atoms with van der Waals surface area (Å²) in [6.07, 6.45) is 7.03. The second kappa shape index (κ2) is 7.21. The summed E-state index contributed by atoms with van der Waals surface area (Å²) in [5, 5.41) is 12.8. The molecule has 5 atom stereocenters. The van der Waals surface area contributed by atoms with Gasteiger partial charge in [0.25, 0.3) is 0 Å². The fraction of sp³-hybridized carbons (Fsp3) is 0.611. The Morgan fingerprint density at radius 1 is 1.31 bits per heavy atom. The largest absolute Gasteiger partial charge is 0.352 e. The van der Waals surface area contributed by atoms with Crippen molar-refractivity contribution in [2.24, 2.45) is 17.8 Å². The van der Waals surface area contributed by atoms with Crippen LogP contribution in [-0.4, -0.2) is 31.8 Å². The summed E-state index contributed by atoms with van der Waals surface area (Å²) >= 11 is 13.6. The third kappa shape index (κ3) is 3.43. The molecule has 26 heavy (non-hydrogen) atoms. The number of aromatic nitrogens is 3. The molecule has 0 radical (unpaired) electrons. The SMILES string of the molecule is CC(Sc1nnc2c(Cl)cc(Cl)cn12)C(=O)NC(C)C1CC2CCC1C2. The van der Waals surface area contributed by atoms with E-state index in [0.717, 1.165) is 11.8 Å². The highest BCUT2D eigenvalue weighted by atomic mass is 35.5. The normalized spacial score (nSPS) is 27.0. The van der Waals surface area contributed by atoms with Crippen LogP contribution in [0.1, 0.15) is 39.5 Å². The molecule has 2 bridgehead atoms. The van der Waals surface area contributed by atoms with Gasteiger partial charge in [-0.3, -0.25) is 9.20 Å². The molecule has 140 valence electrons. The Bertz CT molecular complexity index is 842. The number of carbonyl (C=O) groups is 1. The monoisotopic (exact) mass is 412 g/mol. The van der Waals surface area contributed by atoms with Crippen LogP contribution in [0, 0.1) is 17.8 Å². The Morgan fingerprint density at radius 2 is 2.12 bits per heavy atom. The summed E-state index contributed by atoms with van der Waals surface area (Å²) in [6.45, 7) is 4.04. The first kappa shape index (κ1) is 18.4. The Balaban J connectivity index is 1.41. The van der Waals surface area contributed by atoms with E-state index in [1.807, 2.05) is 6.92 Å². The zero-order valence-corrected chi connectivity index (χ0v) is 17.1. The van der Waals surface area contributed by atoms with Crippen molar-refractivity contribution in [1.29, 1.82) is 0 Å². The molecular weight excluding hydrogens is 391 g/mol. The molecule has 2 aliphatic carbocycles. The average molecular weight is 413 g/mol. The molecule has 2 aliphatic rings. The molecule has 2 heterocycles. The third-order valence-corrected chi connectivity index (χ3v) is 7.39. The first-order valence-electron chi connectivity index (χ1n) is 9.09. The summed E-state index contributed by atoms with van der Waals surface area (Å²) in [4.78, 5) is 12.7. The van der Waals surface area contributed by atoms with Crippen LogP contribution < -0.4 is 5.32 Å². The Labute approximate surface area is 167 Å². The van der Waals surface area contributed by atoms with Gasteiger partial charge < -0.3 is 5.32 Å². The number of hydrogen-bond acceptors (Lipinski definition) is 4. The van der Waals surface area contributed by atoms with Crippen LogP contribution in [0.5, 0.6) is 0 Å². The number of carbonyl (C=O) groups excluding carboxylic acids is 1. The maximum absolute atomic E-state index is 12.7. The van der Waals surface area contributed by atoms with E-state index >= 15 is 0 Å². The first-order valence-corrected chi connectivity index (χ1v) is 10.7. The molecule has 2 saturated carbocycles. The highest BCUT2D eigenvalue weighted by Gasteiger charge is 2.42. The van der Waals surface area contributed by atoms with Crippen LogP contribution in [0.15, 0.2) is 17.4 Å². The lowest BCUT2D eigenvalue weighted by molar-refractivity contribution is -0.121. The summed E-state index contributed by atoms with van der Waals surface area (Å²) in [7, 11) is 0. The molecule has 0 aliphatic heterocycles. The number of thioether (sulfide) groups is 1. The predicted molar refractivity (Wildman–Crippen MR) is 105 cm³/mol. The van der Waals surface area contributed by atoms with Crippen molar-refractivity contribution in [2.75, 3.05) is 0 Å². The number of nitrogens with zero attached hydrogens (tertiary/aromatic N) is 3. The molecule has 5 unspecified atom stereocenters. The van der Waals surface area contributed by atoms with Crippen LogP contribution in [0.3, 0.4) is 0 Å². The fourth-order valence-electron chi connectivity index (χ4n) is 4.55. The lowest BCUT2D eigenvalue weighted by atomic mass is 9.84. The number of nitrogens with one attached hydrogen (secondary N) is 1. The van der Waals surface area contributed by atoms with Gasteiger partial charge in [0.1, 0.15) is 0 Å². The molecule has 5 nitrogen and oxygen atoms in total. The van der Waals surface area contributed by atoms with Crippen LogP contribution in [0.25, 0.3) is 5.65 Å². The van der Waals surface area contributed by atoms with Gasteiger partial charge in [0.2, 0.25) is 5.91 Å². The van der Waals surface area contributed by atoms with Crippen molar-refractivity contribution >= 4 is 46.5 Å². The summed E-state index contributed by atoms with van der Waals surface area (Å²) in [5.74, 6) is 2.34. The number of amides is 1. The van der Waals surface area contributed by atoms with E-state index in [2.05, 4.69) is 22.4 Å². The number of halogens is 2. The van der Waals surface area contributed by atoms with Crippen LogP contribution >= 0.6 is 35.0 Å². The van der Waals surface area contributed by atoms with Gasteiger partial charge in [-0.15, -0.1) is 10.2 Å². The summed E-state index contributed by atoms with van der Waals surface area (Å²) in [5.41, 5.74) is 0.543. The summed E-state index contributed by atoms with van der Waals surface area (Å²) < 4.78 is 1.73. The molecule has 0 saturated heterocycles. The smallest absolute Gasteiger partial charge is 0.233 e. The second-order valence-corrected chi connectivity index (χ2v) is 9.73. The van der Waals surface area contributed by atoms with Gasteiger partial charge in [0, 0.05) is 12.2 Å². The molecule has 2 aromatic rings. The standard InChI is InChI=1S/C18H22Cl2N4OS/c1-9(14-6-11-3-4-12(14)5-11)21-17(25)10(2)26-18-23-22-16-15(20)7-13(19)8-24(16)18/h7-12,14H,3-6H2,1-2H3,(H,21,25). The maximum atomic E-state index is 12.7. The highest BCUT2D eigenvalue weighted by Crippen LogP contribution is 2.49. The molecule has 0 aromatic carbocycles. The van der Waals surface area contributed by atoms with Gasteiger partial charge in [0.05, 0.1) is 15.3 Å². The van der Waals surface area contributed by atoms with Gasteiger partial charge in [-0.2, -0.15) is 0 Å². The van der Waals surface area contributed by atoms with E-state index in [0.29, 0.717) is 26.8 Å². The van der Waals surface area contributed by atoms with Gasteiger partial charge in [-0.25, -0.2) is 0 Å². The van der Waals surface area contributed by atoms with Crippen molar-refractivity contribution < 1.29 is 4.79 Å². The van der Waals surface area contributed by atoms with Gasteiger partial charge >= 0.3 is 0 Å². The highest BCUT2D eigenvalue weighted by molar-refractivity contribution is 8.00. The number of fused-ring (bicyclic) bond motifs is 3. The van der Waals surface area contributed by atoms with E-state index in [9.17, 15) is 4.79 Å². The van der Waals surface area contributed by atoms with Crippen LogP contribution in [-0.2, 0) is 4.79 Å². The van der Waals surface area contributed by atoms with E-state index in [4.69, 9.17) is 23.2 Å². The number of rotatable bonds is 5. The van der Waals surface area contributed by atoms with Crippen molar-refractivity contribution in [3.8, 4) is 0 Å². The maximum Gasteiger partial charge on any atom is 0.233 e. The Kier molecular flexibility index (Phi) is 5.10. The third-order valence-electron chi connectivity index (χ3n) is 5.85. The predicted octanol–water partition coefficient (Wildman–Crippen LogP) is 4.46. The van der Waals surface area contributed by atoms with Crippen molar-refractivity contribution in [3.05, 3.63) is 22.3 Å². The molecule has 8 heteroatoms. The van der Waals surface area contributed by atoms with Crippen LogP contribution in [0.4, 0.5) is 0 Å². The molecule has 2 aromatic heterocycles.